The Morgan fingerprint density at radius 3 is 2.59 bits per heavy atom. The number of thiocarbonyl (C=S) groups is 1. The van der Waals surface area contributed by atoms with Crippen LogP contribution < -0.4 is 20.1 Å². The Bertz CT molecular complexity index is 1390. The van der Waals surface area contributed by atoms with Crippen molar-refractivity contribution in [2.75, 3.05) is 19.5 Å². The number of furan rings is 1. The van der Waals surface area contributed by atoms with Crippen molar-refractivity contribution in [2.24, 2.45) is 0 Å². The number of nitrogens with zero attached hydrogens (tertiary/aromatic N) is 1. The van der Waals surface area contributed by atoms with Gasteiger partial charge in [0.05, 0.1) is 18.9 Å². The average Bonchev–Trinajstić information content (AvgIpc) is 3.42. The molecule has 4 aromatic rings. The second-order valence-electron chi connectivity index (χ2n) is 6.83. The highest BCUT2D eigenvalue weighted by atomic mass is 35.5. The van der Waals surface area contributed by atoms with E-state index in [1.165, 1.54) is 23.5 Å². The number of fused-ring (bicyclic) bond motifs is 1. The molecule has 2 aromatic heterocycles. The summed E-state index contributed by atoms with van der Waals surface area (Å²) in [5, 5.41) is 7.10. The molecule has 2 aromatic carbocycles. The molecule has 0 bridgehead atoms. The number of nitrogens with one attached hydrogen (secondary N) is 2. The van der Waals surface area contributed by atoms with Crippen molar-refractivity contribution < 1.29 is 18.7 Å². The minimum atomic E-state index is -0.429. The second-order valence-corrected chi connectivity index (χ2v) is 9.14. The molecule has 0 aliphatic rings. The molecule has 174 valence electrons. The molecule has 4 rings (SSSR count). The number of ether oxygens (including phenoxy) is 2. The van der Waals surface area contributed by atoms with Gasteiger partial charge in [-0.1, -0.05) is 34.5 Å². The highest BCUT2D eigenvalue weighted by molar-refractivity contribution is 7.80. The highest BCUT2D eigenvalue weighted by Gasteiger charge is 2.13. The summed E-state index contributed by atoms with van der Waals surface area (Å²) in [4.78, 5) is 16.8. The van der Waals surface area contributed by atoms with E-state index >= 15 is 0 Å². The smallest absolute Gasteiger partial charge is 0.250 e. The zero-order valence-corrected chi connectivity index (χ0v) is 21.0. The van der Waals surface area contributed by atoms with Gasteiger partial charge in [0.2, 0.25) is 5.91 Å². The van der Waals surface area contributed by atoms with Crippen molar-refractivity contribution in [2.45, 2.75) is 0 Å². The van der Waals surface area contributed by atoms with Crippen LogP contribution in [0.4, 0.5) is 5.13 Å². The summed E-state index contributed by atoms with van der Waals surface area (Å²) in [7, 11) is 3.14. The maximum absolute atomic E-state index is 12.3. The van der Waals surface area contributed by atoms with E-state index in [-0.39, 0.29) is 5.11 Å². The molecule has 1 amide bonds. The number of thiazole rings is 1. The number of rotatable bonds is 6. The van der Waals surface area contributed by atoms with Gasteiger partial charge >= 0.3 is 0 Å². The van der Waals surface area contributed by atoms with Gasteiger partial charge in [0.25, 0.3) is 0 Å². The van der Waals surface area contributed by atoms with Crippen LogP contribution in [0.2, 0.25) is 10.0 Å². The lowest BCUT2D eigenvalue weighted by atomic mass is 10.2. The number of halogens is 2. The number of aromatic nitrogens is 1. The average molecular weight is 534 g/mol. The van der Waals surface area contributed by atoms with Crippen molar-refractivity contribution in [1.29, 1.82) is 0 Å². The monoisotopic (exact) mass is 533 g/mol. The molecule has 0 aliphatic carbocycles. The van der Waals surface area contributed by atoms with Gasteiger partial charge < -0.3 is 19.2 Å². The lowest BCUT2D eigenvalue weighted by molar-refractivity contribution is -0.115. The fraction of sp³-hybridized carbons (Fsp3) is 0.0870. The quantitative estimate of drug-likeness (QED) is 0.219. The number of carbonyl (C=O) groups excluding carboxylic acids is 1. The fourth-order valence-electron chi connectivity index (χ4n) is 3.04. The molecule has 11 heteroatoms. The largest absolute Gasteiger partial charge is 0.497 e. The van der Waals surface area contributed by atoms with Crippen molar-refractivity contribution in [3.63, 3.8) is 0 Å². The molecule has 0 fully saturated rings. The van der Waals surface area contributed by atoms with Crippen molar-refractivity contribution >= 4 is 79.2 Å². The molecule has 0 atom stereocenters. The molecule has 0 aliphatic heterocycles. The molecule has 0 radical (unpaired) electrons. The van der Waals surface area contributed by atoms with Gasteiger partial charge in [0.1, 0.15) is 28.5 Å². The zero-order valence-electron chi connectivity index (χ0n) is 17.8. The number of hydrogen-bond donors (Lipinski definition) is 2. The SMILES string of the molecule is COc1cc(OC)c2nc(NC(=S)NC(=O)/C=C/c3ccc(-c4cc(Cl)cc(Cl)c4)o3)sc2c1. The normalized spacial score (nSPS) is 11.1. The van der Waals surface area contributed by atoms with Gasteiger partial charge in [-0.05, 0) is 54.7 Å². The van der Waals surface area contributed by atoms with E-state index in [1.54, 1.807) is 50.6 Å². The number of methoxy groups -OCH3 is 2. The summed E-state index contributed by atoms with van der Waals surface area (Å²) in [5.74, 6) is 1.85. The molecule has 0 spiro atoms. The van der Waals surface area contributed by atoms with Crippen LogP contribution >= 0.6 is 46.8 Å². The van der Waals surface area contributed by atoms with Crippen LogP contribution in [0.3, 0.4) is 0 Å². The second kappa shape index (κ2) is 10.4. The Kier molecular flexibility index (Phi) is 7.38. The van der Waals surface area contributed by atoms with Crippen LogP contribution in [-0.2, 0) is 4.79 Å². The molecule has 7 nitrogen and oxygen atoms in total. The van der Waals surface area contributed by atoms with E-state index < -0.39 is 5.91 Å². The number of carbonyl (C=O) groups is 1. The summed E-state index contributed by atoms with van der Waals surface area (Å²) in [6.07, 6.45) is 2.84. The van der Waals surface area contributed by atoms with Gasteiger partial charge in [0, 0.05) is 27.8 Å². The first-order chi connectivity index (χ1) is 16.3. The molecule has 0 unspecified atom stereocenters. The predicted octanol–water partition coefficient (Wildman–Crippen LogP) is 6.41. The number of anilines is 1. The van der Waals surface area contributed by atoms with E-state index in [0.29, 0.717) is 43.7 Å². The van der Waals surface area contributed by atoms with E-state index in [1.807, 2.05) is 6.07 Å². The highest BCUT2D eigenvalue weighted by Crippen LogP contribution is 2.36. The van der Waals surface area contributed by atoms with Gasteiger partial charge in [-0.25, -0.2) is 4.98 Å². The summed E-state index contributed by atoms with van der Waals surface area (Å²) < 4.78 is 17.2. The lowest BCUT2D eigenvalue weighted by Crippen LogP contribution is -2.32. The van der Waals surface area contributed by atoms with Gasteiger partial charge in [0.15, 0.2) is 10.2 Å². The molecule has 34 heavy (non-hydrogen) atoms. The molecule has 2 heterocycles. The molecular formula is C23H17Cl2N3O4S2. The van der Waals surface area contributed by atoms with E-state index in [2.05, 4.69) is 15.6 Å². The van der Waals surface area contributed by atoms with Crippen LogP contribution in [0.25, 0.3) is 27.6 Å². The topological polar surface area (TPSA) is 85.6 Å². The third-order valence-corrected chi connectivity index (χ3v) is 6.08. The van der Waals surface area contributed by atoms with Crippen LogP contribution in [0.15, 0.2) is 53.0 Å². The first-order valence-corrected chi connectivity index (χ1v) is 11.7. The third kappa shape index (κ3) is 5.68. The Hall–Kier alpha value is -3.11. The van der Waals surface area contributed by atoms with Crippen LogP contribution in [0.5, 0.6) is 11.5 Å². The van der Waals surface area contributed by atoms with Crippen LogP contribution in [0, 0.1) is 0 Å². The standard InChI is InChI=1S/C23H17Cl2N3O4S2/c1-30-16-10-18(31-2)21-19(11-16)34-23(27-21)28-22(33)26-20(29)6-4-15-3-5-17(32-15)12-7-13(24)9-14(25)8-12/h3-11H,1-2H3,(H2,26,27,28,29,33)/b6-4+. The third-order valence-electron chi connectivity index (χ3n) is 4.52. The first-order valence-electron chi connectivity index (χ1n) is 9.73. The molecular weight excluding hydrogens is 517 g/mol. The minimum absolute atomic E-state index is 0.105. The van der Waals surface area contributed by atoms with Crippen molar-refractivity contribution in [1.82, 2.24) is 10.3 Å². The van der Waals surface area contributed by atoms with Crippen molar-refractivity contribution in [3.05, 3.63) is 64.3 Å². The van der Waals surface area contributed by atoms with Gasteiger partial charge in [-0.2, -0.15) is 0 Å². The van der Waals surface area contributed by atoms with Gasteiger partial charge in [-0.3, -0.25) is 10.1 Å². The van der Waals surface area contributed by atoms with E-state index in [0.717, 1.165) is 10.3 Å². The van der Waals surface area contributed by atoms with Gasteiger partial charge in [-0.15, -0.1) is 0 Å². The Morgan fingerprint density at radius 2 is 1.88 bits per heavy atom. The van der Waals surface area contributed by atoms with E-state index in [4.69, 9.17) is 49.3 Å². The van der Waals surface area contributed by atoms with E-state index in [9.17, 15) is 4.79 Å². The number of hydrogen-bond acceptors (Lipinski definition) is 7. The Labute approximate surface area is 214 Å². The summed E-state index contributed by atoms with van der Waals surface area (Å²) >= 11 is 18.7. The Balaban J connectivity index is 1.39. The maximum Gasteiger partial charge on any atom is 0.250 e. The number of amides is 1. The minimum Gasteiger partial charge on any atom is -0.497 e. The van der Waals surface area contributed by atoms with Crippen molar-refractivity contribution in [3.8, 4) is 22.8 Å². The van der Waals surface area contributed by atoms with Crippen LogP contribution in [-0.4, -0.2) is 30.2 Å². The molecule has 0 saturated heterocycles. The summed E-state index contributed by atoms with van der Waals surface area (Å²) in [6, 6.07) is 12.2. The fourth-order valence-corrected chi connectivity index (χ4v) is 4.74. The Morgan fingerprint density at radius 1 is 1.12 bits per heavy atom. The molecule has 2 N–H and O–H groups in total. The zero-order chi connectivity index (χ0) is 24.2. The van der Waals surface area contributed by atoms with Crippen LogP contribution in [0.1, 0.15) is 5.76 Å². The summed E-state index contributed by atoms with van der Waals surface area (Å²) in [6.45, 7) is 0. The molecule has 0 saturated carbocycles. The predicted molar refractivity (Wildman–Crippen MR) is 140 cm³/mol. The lowest BCUT2D eigenvalue weighted by Gasteiger charge is -2.04. The summed E-state index contributed by atoms with van der Waals surface area (Å²) in [5.41, 5.74) is 1.40. The first kappa shape index (κ1) is 24.0. The maximum atomic E-state index is 12.3. The number of benzene rings is 2.